The molecule has 1 fully saturated rings. The minimum atomic E-state index is -0.247. The summed E-state index contributed by atoms with van der Waals surface area (Å²) in [5.41, 5.74) is 0.671. The van der Waals surface area contributed by atoms with Gasteiger partial charge in [0.25, 0.3) is 0 Å². The Hall–Kier alpha value is -0.500. The molecule has 0 aromatic carbocycles. The van der Waals surface area contributed by atoms with Gasteiger partial charge < -0.3 is 4.74 Å². The van der Waals surface area contributed by atoms with Crippen molar-refractivity contribution in [3.05, 3.63) is 10.6 Å². The molecule has 0 amide bonds. The fourth-order valence-corrected chi connectivity index (χ4v) is 1.55. The van der Waals surface area contributed by atoms with E-state index in [9.17, 15) is 4.79 Å². The van der Waals surface area contributed by atoms with E-state index in [0.717, 1.165) is 19.3 Å². The zero-order valence-corrected chi connectivity index (χ0v) is 8.15. The lowest BCUT2D eigenvalue weighted by Crippen LogP contribution is -2.34. The lowest BCUT2D eigenvalue weighted by atomic mass is 10.0. The van der Waals surface area contributed by atoms with E-state index in [1.54, 1.807) is 0 Å². The summed E-state index contributed by atoms with van der Waals surface area (Å²) >= 11 is 5.93. The first-order valence-corrected chi connectivity index (χ1v) is 4.64. The quantitative estimate of drug-likeness (QED) is 0.503. The molecular weight excluding hydrogens is 176 g/mol. The van der Waals surface area contributed by atoms with Crippen molar-refractivity contribution in [2.45, 2.75) is 39.2 Å². The van der Waals surface area contributed by atoms with E-state index in [-0.39, 0.29) is 12.1 Å². The van der Waals surface area contributed by atoms with Gasteiger partial charge in [-0.25, -0.2) is 4.79 Å². The van der Waals surface area contributed by atoms with Crippen LogP contribution in [-0.4, -0.2) is 12.1 Å². The number of hydrogen-bond donors (Lipinski definition) is 0. The number of hydrogen-bond acceptors (Lipinski definition) is 2. The van der Waals surface area contributed by atoms with E-state index in [1.807, 2.05) is 6.92 Å². The Morgan fingerprint density at radius 3 is 2.75 bits per heavy atom. The summed E-state index contributed by atoms with van der Waals surface area (Å²) in [6.45, 7) is 3.93. The number of cyclic esters (lactones) is 1. The third-order valence-electron chi connectivity index (χ3n) is 1.95. The van der Waals surface area contributed by atoms with Gasteiger partial charge >= 0.3 is 5.97 Å². The van der Waals surface area contributed by atoms with E-state index in [0.29, 0.717) is 10.6 Å². The van der Waals surface area contributed by atoms with E-state index in [4.69, 9.17) is 16.3 Å². The maximum Gasteiger partial charge on any atom is 0.339 e. The molecule has 0 N–H and O–H groups in total. The van der Waals surface area contributed by atoms with Crippen LogP contribution in [0.25, 0.3) is 0 Å². The third-order valence-corrected chi connectivity index (χ3v) is 2.34. The first-order chi connectivity index (χ1) is 5.66. The zero-order chi connectivity index (χ0) is 9.14. The fourth-order valence-electron chi connectivity index (χ4n) is 1.19. The molecule has 1 rings (SSSR count). The van der Waals surface area contributed by atoms with Crippen molar-refractivity contribution >= 4 is 17.6 Å². The Balaban J connectivity index is 2.56. The van der Waals surface area contributed by atoms with Crippen LogP contribution < -0.4 is 0 Å². The second-order valence-electron chi connectivity index (χ2n) is 2.97. The van der Waals surface area contributed by atoms with Crippen molar-refractivity contribution in [2.24, 2.45) is 0 Å². The predicted octanol–water partition coefficient (Wildman–Crippen LogP) is 2.61. The highest BCUT2D eigenvalue weighted by atomic mass is 35.5. The fraction of sp³-hybridized carbons (Fsp3) is 0.667. The van der Waals surface area contributed by atoms with Gasteiger partial charge in [0.15, 0.2) is 0 Å². The summed E-state index contributed by atoms with van der Waals surface area (Å²) in [6.07, 6.45) is 2.82. The molecule has 1 heterocycles. The molecule has 0 radical (unpaired) electrons. The topological polar surface area (TPSA) is 26.3 Å². The van der Waals surface area contributed by atoms with Crippen molar-refractivity contribution in [1.82, 2.24) is 0 Å². The van der Waals surface area contributed by atoms with E-state index in [1.165, 1.54) is 0 Å². The van der Waals surface area contributed by atoms with Gasteiger partial charge in [-0.3, -0.25) is 0 Å². The number of allylic oxidation sites excluding steroid dienone is 1. The first kappa shape index (κ1) is 9.59. The number of ether oxygens (including phenoxy) is 1. The highest BCUT2D eigenvalue weighted by molar-refractivity contribution is 6.32. The van der Waals surface area contributed by atoms with Gasteiger partial charge in [0, 0.05) is 5.03 Å². The zero-order valence-electron chi connectivity index (χ0n) is 7.39. The van der Waals surface area contributed by atoms with Crippen molar-refractivity contribution in [2.75, 3.05) is 0 Å². The van der Waals surface area contributed by atoms with Crippen LogP contribution in [0.5, 0.6) is 0 Å². The van der Waals surface area contributed by atoms with Crippen LogP contribution in [0.2, 0.25) is 0 Å². The van der Waals surface area contributed by atoms with Crippen molar-refractivity contribution in [1.29, 1.82) is 0 Å². The Morgan fingerprint density at radius 2 is 2.33 bits per heavy atom. The Bertz CT molecular complexity index is 221. The molecule has 68 valence electrons. The van der Waals surface area contributed by atoms with Gasteiger partial charge in [0.2, 0.25) is 0 Å². The molecule has 1 unspecified atom stereocenters. The molecule has 1 atom stereocenters. The number of carbonyl (C=O) groups excluding carboxylic acids is 1. The maximum absolute atomic E-state index is 10.9. The smallest absolute Gasteiger partial charge is 0.339 e. The standard InChI is InChI=1S/C9H13ClO2/c1-3-4-5-7(10)8-6(2)12-9(8)11/h6H,3-5H2,1-2H3/b8-7-. The molecular formula is C9H13ClO2. The van der Waals surface area contributed by atoms with Crippen molar-refractivity contribution in [3.63, 3.8) is 0 Å². The minimum Gasteiger partial charge on any atom is -0.454 e. The monoisotopic (exact) mass is 188 g/mol. The SMILES string of the molecule is CCCC/C(Cl)=C1/C(=O)OC1C. The van der Waals surface area contributed by atoms with Crippen molar-refractivity contribution < 1.29 is 9.53 Å². The van der Waals surface area contributed by atoms with E-state index >= 15 is 0 Å². The number of rotatable bonds is 3. The summed E-state index contributed by atoms with van der Waals surface area (Å²) in [4.78, 5) is 10.9. The average Bonchev–Trinajstić information content (AvgIpc) is 2.00. The number of halogens is 1. The first-order valence-electron chi connectivity index (χ1n) is 4.26. The molecule has 1 aliphatic heterocycles. The normalized spacial score (nSPS) is 26.2. The molecule has 0 spiro atoms. The van der Waals surface area contributed by atoms with Gasteiger partial charge in [-0.1, -0.05) is 24.9 Å². The largest absolute Gasteiger partial charge is 0.454 e. The van der Waals surface area contributed by atoms with Crippen LogP contribution in [0.3, 0.4) is 0 Å². The lowest BCUT2D eigenvalue weighted by Gasteiger charge is -2.26. The Morgan fingerprint density at radius 1 is 1.67 bits per heavy atom. The Labute approximate surface area is 77.5 Å². The lowest BCUT2D eigenvalue weighted by molar-refractivity contribution is -0.154. The predicted molar refractivity (Wildman–Crippen MR) is 48.0 cm³/mol. The number of esters is 1. The summed E-state index contributed by atoms with van der Waals surface area (Å²) in [5, 5.41) is 0.681. The summed E-state index contributed by atoms with van der Waals surface area (Å²) in [7, 11) is 0. The van der Waals surface area contributed by atoms with Crippen LogP contribution in [0.1, 0.15) is 33.1 Å². The number of carbonyl (C=O) groups is 1. The molecule has 2 nitrogen and oxygen atoms in total. The molecule has 0 bridgehead atoms. The van der Waals surface area contributed by atoms with E-state index < -0.39 is 0 Å². The molecule has 0 aromatic heterocycles. The molecule has 0 aliphatic carbocycles. The summed E-state index contributed by atoms with van der Waals surface area (Å²) < 4.78 is 4.77. The minimum absolute atomic E-state index is 0.0955. The third kappa shape index (κ3) is 1.81. The van der Waals surface area contributed by atoms with Crippen LogP contribution >= 0.6 is 11.6 Å². The van der Waals surface area contributed by atoms with Gasteiger partial charge in [-0.15, -0.1) is 0 Å². The van der Waals surface area contributed by atoms with Crippen LogP contribution in [0, 0.1) is 0 Å². The maximum atomic E-state index is 10.9. The molecule has 0 aromatic rings. The number of unbranched alkanes of at least 4 members (excludes halogenated alkanes) is 1. The van der Waals surface area contributed by atoms with Gasteiger partial charge in [-0.2, -0.15) is 0 Å². The second kappa shape index (κ2) is 3.94. The van der Waals surface area contributed by atoms with Crippen molar-refractivity contribution in [3.8, 4) is 0 Å². The highest BCUT2D eigenvalue weighted by Gasteiger charge is 2.34. The van der Waals surface area contributed by atoms with Gasteiger partial charge in [-0.05, 0) is 19.8 Å². The molecule has 12 heavy (non-hydrogen) atoms. The Kier molecular flexibility index (Phi) is 3.15. The molecule has 0 saturated carbocycles. The molecule has 3 heteroatoms. The van der Waals surface area contributed by atoms with E-state index in [2.05, 4.69) is 6.92 Å². The molecule has 1 saturated heterocycles. The van der Waals surface area contributed by atoms with Crippen LogP contribution in [0.15, 0.2) is 10.6 Å². The van der Waals surface area contributed by atoms with Gasteiger partial charge in [0.1, 0.15) is 6.10 Å². The van der Waals surface area contributed by atoms with Crippen LogP contribution in [-0.2, 0) is 9.53 Å². The van der Waals surface area contributed by atoms with Gasteiger partial charge in [0.05, 0.1) is 5.57 Å². The van der Waals surface area contributed by atoms with Crippen LogP contribution in [0.4, 0.5) is 0 Å². The summed E-state index contributed by atoms with van der Waals surface area (Å²) in [5.74, 6) is -0.247. The highest BCUT2D eigenvalue weighted by Crippen LogP contribution is 2.29. The average molecular weight is 189 g/mol. The second-order valence-corrected chi connectivity index (χ2v) is 3.43. The summed E-state index contributed by atoms with van der Waals surface area (Å²) in [6, 6.07) is 0. The molecule has 1 aliphatic rings.